The van der Waals surface area contributed by atoms with Gasteiger partial charge >= 0.3 is 6.03 Å². The average Bonchev–Trinajstić information content (AvgIpc) is 2.95. The molecule has 0 unspecified atom stereocenters. The smallest absolute Gasteiger partial charge is 0.340 e. The zero-order valence-corrected chi connectivity index (χ0v) is 11.2. The lowest BCUT2D eigenvalue weighted by molar-refractivity contribution is -0.153. The first-order valence-corrected chi connectivity index (χ1v) is 6.21. The number of carbonyl (C=O) groups is 2. The Kier molecular flexibility index (Phi) is 4.40. The summed E-state index contributed by atoms with van der Waals surface area (Å²) in [6, 6.07) is -2.02. The monoisotopic (exact) mass is 292 g/mol. The Balaban J connectivity index is 2.10. The minimum Gasteiger partial charge on any atom is -0.340 e. The maximum absolute atomic E-state index is 11.8. The van der Waals surface area contributed by atoms with E-state index in [4.69, 9.17) is 5.73 Å². The third-order valence-electron chi connectivity index (χ3n) is 2.72. The molecule has 0 saturated carbocycles. The standard InChI is InChI=1S/C11H14N7O3/c1-2-3-6(12)10(19)18(21)11(20)17-9-7-8(14-4-13-7)15-5-16-9/h4,6,21H,2-3,12H2,1H3,(H2,13,14,15,16,17,20)/t6-/m0/s1. The van der Waals surface area contributed by atoms with Crippen molar-refractivity contribution in [2.24, 2.45) is 5.73 Å². The van der Waals surface area contributed by atoms with Crippen LogP contribution >= 0.6 is 0 Å². The molecule has 10 heteroatoms. The van der Waals surface area contributed by atoms with Crippen molar-refractivity contribution in [3.8, 4) is 0 Å². The summed E-state index contributed by atoms with van der Waals surface area (Å²) in [5.74, 6) is -0.855. The summed E-state index contributed by atoms with van der Waals surface area (Å²) >= 11 is 0. The molecule has 2 rings (SSSR count). The quantitative estimate of drug-likeness (QED) is 0.458. The molecule has 0 fully saturated rings. The van der Waals surface area contributed by atoms with E-state index in [1.165, 1.54) is 6.33 Å². The van der Waals surface area contributed by atoms with Crippen LogP contribution in [-0.4, -0.2) is 48.2 Å². The summed E-state index contributed by atoms with van der Waals surface area (Å²) < 4.78 is 0. The highest BCUT2D eigenvalue weighted by molar-refractivity contribution is 6.03. The normalized spacial score (nSPS) is 12.1. The van der Waals surface area contributed by atoms with Crippen molar-refractivity contribution in [1.82, 2.24) is 25.0 Å². The predicted octanol–water partition coefficient (Wildman–Crippen LogP) is 0.0302. The Morgan fingerprint density at radius 3 is 3.05 bits per heavy atom. The second-order valence-electron chi connectivity index (χ2n) is 4.25. The Labute approximate surface area is 119 Å². The number of anilines is 1. The number of imide groups is 1. The first-order valence-electron chi connectivity index (χ1n) is 6.21. The predicted molar refractivity (Wildman–Crippen MR) is 71.1 cm³/mol. The average molecular weight is 292 g/mol. The van der Waals surface area contributed by atoms with Crippen LogP contribution in [0.1, 0.15) is 19.8 Å². The van der Waals surface area contributed by atoms with E-state index >= 15 is 0 Å². The van der Waals surface area contributed by atoms with E-state index in [2.05, 4.69) is 31.6 Å². The lowest BCUT2D eigenvalue weighted by Crippen LogP contribution is -2.46. The Bertz CT molecular complexity index is 656. The number of urea groups is 1. The number of hydroxylamine groups is 2. The van der Waals surface area contributed by atoms with Crippen molar-refractivity contribution in [3.63, 3.8) is 0 Å². The van der Waals surface area contributed by atoms with Crippen molar-refractivity contribution < 1.29 is 14.8 Å². The molecule has 10 nitrogen and oxygen atoms in total. The molecular formula is C11H14N7O3. The van der Waals surface area contributed by atoms with Gasteiger partial charge in [-0.25, -0.2) is 19.7 Å². The molecule has 0 aliphatic heterocycles. The van der Waals surface area contributed by atoms with Crippen LogP contribution in [0.2, 0.25) is 0 Å². The van der Waals surface area contributed by atoms with Crippen LogP contribution in [0.25, 0.3) is 11.2 Å². The van der Waals surface area contributed by atoms with Crippen LogP contribution in [0.5, 0.6) is 0 Å². The second-order valence-corrected chi connectivity index (χ2v) is 4.25. The fourth-order valence-electron chi connectivity index (χ4n) is 1.66. The third kappa shape index (κ3) is 3.12. The van der Waals surface area contributed by atoms with E-state index in [0.29, 0.717) is 24.0 Å². The second kappa shape index (κ2) is 6.24. The number of nitrogens with two attached hydrogens (primary N) is 1. The molecule has 0 aliphatic rings. The number of carbonyl (C=O) groups excluding carboxylic acids is 2. The van der Waals surface area contributed by atoms with Crippen LogP contribution in [0.15, 0.2) is 6.33 Å². The highest BCUT2D eigenvalue weighted by Crippen LogP contribution is 2.14. The van der Waals surface area contributed by atoms with Gasteiger partial charge in [0.1, 0.15) is 5.52 Å². The van der Waals surface area contributed by atoms with Crippen LogP contribution in [0.3, 0.4) is 0 Å². The zero-order valence-electron chi connectivity index (χ0n) is 11.2. The largest absolute Gasteiger partial charge is 0.354 e. The zero-order chi connectivity index (χ0) is 15.4. The van der Waals surface area contributed by atoms with E-state index in [-0.39, 0.29) is 10.9 Å². The first-order chi connectivity index (χ1) is 10.0. The highest BCUT2D eigenvalue weighted by Gasteiger charge is 2.25. The molecule has 111 valence electrons. The summed E-state index contributed by atoms with van der Waals surface area (Å²) in [6.45, 7) is 1.83. The summed E-state index contributed by atoms with van der Waals surface area (Å²) in [6.07, 6.45) is 4.67. The molecule has 0 saturated heterocycles. The number of nitrogens with zero attached hydrogens (tertiary/aromatic N) is 4. The highest BCUT2D eigenvalue weighted by atomic mass is 16.5. The minimum absolute atomic E-state index is 0.0402. The first kappa shape index (κ1) is 14.8. The van der Waals surface area contributed by atoms with Crippen molar-refractivity contribution in [1.29, 1.82) is 0 Å². The van der Waals surface area contributed by atoms with Gasteiger partial charge in [0.05, 0.1) is 12.4 Å². The molecule has 0 aromatic carbocycles. The molecule has 2 aromatic rings. The summed E-state index contributed by atoms with van der Waals surface area (Å²) in [4.78, 5) is 37.6. The van der Waals surface area contributed by atoms with Gasteiger partial charge in [0, 0.05) is 0 Å². The number of H-pyrrole nitrogens is 1. The molecule has 2 heterocycles. The van der Waals surface area contributed by atoms with Gasteiger partial charge in [-0.1, -0.05) is 13.3 Å². The number of hydrogen-bond donors (Lipinski definition) is 4. The molecule has 0 aliphatic carbocycles. The summed E-state index contributed by atoms with van der Waals surface area (Å²) in [5.41, 5.74) is 6.19. The van der Waals surface area contributed by atoms with Gasteiger partial charge in [-0.3, -0.25) is 15.3 Å². The Morgan fingerprint density at radius 1 is 1.57 bits per heavy atom. The number of amides is 3. The van der Waals surface area contributed by atoms with Crippen LogP contribution in [0, 0.1) is 6.33 Å². The van der Waals surface area contributed by atoms with Gasteiger partial charge in [-0.05, 0) is 6.42 Å². The van der Waals surface area contributed by atoms with Crippen LogP contribution in [0.4, 0.5) is 10.6 Å². The van der Waals surface area contributed by atoms with Crippen LogP contribution < -0.4 is 11.1 Å². The fraction of sp³-hybridized carbons (Fsp3) is 0.364. The maximum Gasteiger partial charge on any atom is 0.354 e. The molecule has 1 atom stereocenters. The van der Waals surface area contributed by atoms with Gasteiger partial charge in [-0.15, -0.1) is 5.06 Å². The van der Waals surface area contributed by atoms with E-state index in [1.807, 2.05) is 6.92 Å². The molecule has 1 radical (unpaired) electrons. The number of aromatic amines is 1. The lowest BCUT2D eigenvalue weighted by atomic mass is 10.2. The summed E-state index contributed by atoms with van der Waals surface area (Å²) in [7, 11) is 0. The van der Waals surface area contributed by atoms with Gasteiger partial charge in [-0.2, -0.15) is 0 Å². The number of aromatic nitrogens is 4. The number of rotatable bonds is 4. The van der Waals surface area contributed by atoms with Crippen molar-refractivity contribution in [2.45, 2.75) is 25.8 Å². The number of fused-ring (bicyclic) bond motifs is 1. The SMILES string of the molecule is CCC[C@H](N)C(=O)N(O)C(=O)Nc1n[c]nc2nc[nH]c12. The van der Waals surface area contributed by atoms with Gasteiger partial charge in [0.25, 0.3) is 5.91 Å². The third-order valence-corrected chi connectivity index (χ3v) is 2.72. The van der Waals surface area contributed by atoms with E-state index < -0.39 is 18.0 Å². The molecule has 5 N–H and O–H groups in total. The fourth-order valence-corrected chi connectivity index (χ4v) is 1.66. The Morgan fingerprint density at radius 2 is 2.33 bits per heavy atom. The van der Waals surface area contributed by atoms with E-state index in [1.54, 1.807) is 0 Å². The van der Waals surface area contributed by atoms with Crippen molar-refractivity contribution in [3.05, 3.63) is 12.7 Å². The van der Waals surface area contributed by atoms with E-state index in [0.717, 1.165) is 0 Å². The van der Waals surface area contributed by atoms with Crippen molar-refractivity contribution >= 4 is 28.9 Å². The number of imidazole rings is 1. The molecule has 2 aromatic heterocycles. The van der Waals surface area contributed by atoms with Crippen LogP contribution in [-0.2, 0) is 4.79 Å². The maximum atomic E-state index is 11.8. The molecule has 0 bridgehead atoms. The van der Waals surface area contributed by atoms with Gasteiger partial charge in [0.15, 0.2) is 11.5 Å². The summed E-state index contributed by atoms with van der Waals surface area (Å²) in [5, 5.41) is 11.8. The molecule has 21 heavy (non-hydrogen) atoms. The molecule has 0 spiro atoms. The lowest BCUT2D eigenvalue weighted by Gasteiger charge is -2.17. The molecule has 3 amide bonds. The topological polar surface area (TPSA) is 150 Å². The number of hydrogen-bond acceptors (Lipinski definition) is 7. The van der Waals surface area contributed by atoms with Crippen molar-refractivity contribution in [2.75, 3.05) is 5.32 Å². The molecular weight excluding hydrogens is 278 g/mol. The van der Waals surface area contributed by atoms with E-state index in [9.17, 15) is 14.8 Å². The number of nitrogens with one attached hydrogen (secondary N) is 2. The Hall–Kier alpha value is -2.59. The van der Waals surface area contributed by atoms with Gasteiger partial charge in [0.2, 0.25) is 6.33 Å². The van der Waals surface area contributed by atoms with Gasteiger partial charge < -0.3 is 10.7 Å². The minimum atomic E-state index is -1.07.